The van der Waals surface area contributed by atoms with Gasteiger partial charge in [-0.1, -0.05) is 19.1 Å². The van der Waals surface area contributed by atoms with E-state index in [9.17, 15) is 9.59 Å². The number of benzene rings is 1. The predicted molar refractivity (Wildman–Crippen MR) is 124 cm³/mol. The van der Waals surface area contributed by atoms with Crippen molar-refractivity contribution in [3.8, 4) is 0 Å². The Morgan fingerprint density at radius 1 is 1.23 bits per heavy atom. The first-order chi connectivity index (χ1) is 14.7. The number of thiazole rings is 1. The van der Waals surface area contributed by atoms with E-state index in [2.05, 4.69) is 27.4 Å². The Hall–Kier alpha value is -2.45. The molecule has 2 heterocycles. The average Bonchev–Trinajstić information content (AvgIpc) is 3.08. The van der Waals surface area contributed by atoms with Gasteiger partial charge in [0.2, 0.25) is 5.91 Å². The molecule has 7 nitrogen and oxygen atoms in total. The third-order valence-electron chi connectivity index (χ3n) is 4.89. The van der Waals surface area contributed by atoms with Gasteiger partial charge in [-0.2, -0.15) is 0 Å². The predicted octanol–water partition coefficient (Wildman–Crippen LogP) is 4.90. The van der Waals surface area contributed by atoms with Crippen LogP contribution in [0.15, 0.2) is 29.6 Å². The largest absolute Gasteiger partial charge is 0.444 e. The van der Waals surface area contributed by atoms with Crippen LogP contribution in [0.1, 0.15) is 51.8 Å². The van der Waals surface area contributed by atoms with E-state index in [0.717, 1.165) is 36.8 Å². The summed E-state index contributed by atoms with van der Waals surface area (Å²) in [6.07, 6.45) is 2.27. The van der Waals surface area contributed by atoms with Crippen LogP contribution in [0.3, 0.4) is 0 Å². The van der Waals surface area contributed by atoms with E-state index < -0.39 is 11.7 Å². The highest BCUT2D eigenvalue weighted by Gasteiger charge is 2.18. The summed E-state index contributed by atoms with van der Waals surface area (Å²) >= 11 is 1.46. The van der Waals surface area contributed by atoms with Crippen LogP contribution in [-0.4, -0.2) is 40.6 Å². The number of aromatic nitrogens is 1. The normalized spacial score (nSPS) is 17.2. The number of nitrogens with zero attached hydrogens (tertiary/aromatic N) is 2. The molecule has 0 saturated carbocycles. The van der Waals surface area contributed by atoms with Crippen LogP contribution in [0.25, 0.3) is 0 Å². The molecule has 1 unspecified atom stereocenters. The SMILES string of the molecule is CC1CCCN(Cc2csc(NC(=O)Cc3ccc(NC(=O)OC(C)(C)C)cc3)n2)C1. The minimum absolute atomic E-state index is 0.111. The number of likely N-dealkylation sites (tertiary alicyclic amines) is 1. The maximum atomic E-state index is 12.4. The molecule has 1 saturated heterocycles. The number of hydrogen-bond acceptors (Lipinski definition) is 6. The van der Waals surface area contributed by atoms with Gasteiger partial charge in [-0.05, 0) is 63.8 Å². The van der Waals surface area contributed by atoms with Crippen LogP contribution in [0.4, 0.5) is 15.6 Å². The molecule has 1 fully saturated rings. The van der Waals surface area contributed by atoms with Crippen LogP contribution in [-0.2, 0) is 22.5 Å². The molecule has 2 aromatic rings. The summed E-state index contributed by atoms with van der Waals surface area (Å²) in [5, 5.41) is 8.23. The summed E-state index contributed by atoms with van der Waals surface area (Å²) in [4.78, 5) is 31.2. The Morgan fingerprint density at radius 3 is 2.65 bits per heavy atom. The molecule has 1 aliphatic heterocycles. The molecule has 2 N–H and O–H groups in total. The molecule has 0 spiro atoms. The molecule has 3 rings (SSSR count). The topological polar surface area (TPSA) is 83.6 Å². The second-order valence-electron chi connectivity index (χ2n) is 9.18. The van der Waals surface area contributed by atoms with Crippen molar-refractivity contribution in [1.29, 1.82) is 0 Å². The highest BCUT2D eigenvalue weighted by Crippen LogP contribution is 2.21. The first-order valence-corrected chi connectivity index (χ1v) is 11.6. The lowest BCUT2D eigenvalue weighted by atomic mass is 10.0. The number of carbonyl (C=O) groups excluding carboxylic acids is 2. The van der Waals surface area contributed by atoms with Crippen LogP contribution >= 0.6 is 11.3 Å². The second kappa shape index (κ2) is 10.2. The number of piperidine rings is 1. The first kappa shape index (κ1) is 23.2. The quantitative estimate of drug-likeness (QED) is 0.662. The van der Waals surface area contributed by atoms with Crippen molar-refractivity contribution in [3.63, 3.8) is 0 Å². The number of amides is 2. The van der Waals surface area contributed by atoms with E-state index in [0.29, 0.717) is 10.8 Å². The van der Waals surface area contributed by atoms with Crippen molar-refractivity contribution >= 4 is 34.2 Å². The zero-order valence-electron chi connectivity index (χ0n) is 18.7. The highest BCUT2D eigenvalue weighted by atomic mass is 32.1. The standard InChI is InChI=1S/C23H32N4O3S/c1-16-6-5-11-27(13-16)14-19-15-31-21(24-19)26-20(28)12-17-7-9-18(10-8-17)25-22(29)30-23(2,3)4/h7-10,15-16H,5-6,11-14H2,1-4H3,(H,25,29)(H,24,26,28). The lowest BCUT2D eigenvalue weighted by Crippen LogP contribution is -2.33. The molecular weight excluding hydrogens is 412 g/mol. The van der Waals surface area contributed by atoms with Gasteiger partial charge in [0.25, 0.3) is 0 Å². The van der Waals surface area contributed by atoms with Crippen LogP contribution < -0.4 is 10.6 Å². The lowest BCUT2D eigenvalue weighted by Gasteiger charge is -2.30. The van der Waals surface area contributed by atoms with Gasteiger partial charge in [-0.25, -0.2) is 9.78 Å². The van der Waals surface area contributed by atoms with Crippen molar-refractivity contribution in [1.82, 2.24) is 9.88 Å². The molecule has 0 bridgehead atoms. The van der Waals surface area contributed by atoms with Gasteiger partial charge in [-0.3, -0.25) is 15.0 Å². The summed E-state index contributed by atoms with van der Waals surface area (Å²) in [5.41, 5.74) is 1.93. The Kier molecular flexibility index (Phi) is 7.67. The molecular formula is C23H32N4O3S. The molecule has 8 heteroatoms. The molecule has 1 aromatic heterocycles. The average molecular weight is 445 g/mol. The third-order valence-corrected chi connectivity index (χ3v) is 5.70. The van der Waals surface area contributed by atoms with Gasteiger partial charge >= 0.3 is 6.09 Å². The van der Waals surface area contributed by atoms with Gasteiger partial charge in [-0.15, -0.1) is 11.3 Å². The Balaban J connectivity index is 1.46. The minimum atomic E-state index is -0.552. The number of carbonyl (C=O) groups is 2. The number of nitrogens with one attached hydrogen (secondary N) is 2. The Labute approximate surface area is 188 Å². The summed E-state index contributed by atoms with van der Waals surface area (Å²) in [6, 6.07) is 7.15. The Morgan fingerprint density at radius 2 is 1.97 bits per heavy atom. The summed E-state index contributed by atoms with van der Waals surface area (Å²) < 4.78 is 5.23. The van der Waals surface area contributed by atoms with Gasteiger partial charge in [0.1, 0.15) is 5.60 Å². The zero-order valence-corrected chi connectivity index (χ0v) is 19.6. The number of ether oxygens (including phenoxy) is 1. The smallest absolute Gasteiger partial charge is 0.412 e. The van der Waals surface area contributed by atoms with Crippen molar-refractivity contribution in [2.75, 3.05) is 23.7 Å². The first-order valence-electron chi connectivity index (χ1n) is 10.7. The zero-order chi connectivity index (χ0) is 22.4. The van der Waals surface area contributed by atoms with Crippen molar-refractivity contribution in [2.45, 2.75) is 59.1 Å². The molecule has 31 heavy (non-hydrogen) atoms. The maximum absolute atomic E-state index is 12.4. The van der Waals surface area contributed by atoms with Crippen LogP contribution in [0.2, 0.25) is 0 Å². The molecule has 1 atom stereocenters. The molecule has 1 aromatic carbocycles. The van der Waals surface area contributed by atoms with E-state index in [1.807, 2.05) is 38.3 Å². The number of rotatable bonds is 6. The molecule has 2 amide bonds. The summed E-state index contributed by atoms with van der Waals surface area (Å²) in [7, 11) is 0. The summed E-state index contributed by atoms with van der Waals surface area (Å²) in [5.74, 6) is 0.623. The van der Waals surface area contributed by atoms with E-state index in [-0.39, 0.29) is 12.3 Å². The Bertz CT molecular complexity index is 889. The fourth-order valence-electron chi connectivity index (χ4n) is 3.57. The fourth-order valence-corrected chi connectivity index (χ4v) is 4.29. The van der Waals surface area contributed by atoms with Crippen molar-refractivity contribution in [2.24, 2.45) is 5.92 Å². The maximum Gasteiger partial charge on any atom is 0.412 e. The van der Waals surface area contributed by atoms with Gasteiger partial charge in [0.05, 0.1) is 12.1 Å². The molecule has 0 aliphatic carbocycles. The van der Waals surface area contributed by atoms with E-state index in [1.165, 1.54) is 24.2 Å². The van der Waals surface area contributed by atoms with Gasteiger partial charge in [0.15, 0.2) is 5.13 Å². The van der Waals surface area contributed by atoms with Crippen LogP contribution in [0.5, 0.6) is 0 Å². The number of hydrogen-bond donors (Lipinski definition) is 2. The lowest BCUT2D eigenvalue weighted by molar-refractivity contribution is -0.115. The van der Waals surface area contributed by atoms with E-state index in [4.69, 9.17) is 4.74 Å². The van der Waals surface area contributed by atoms with E-state index >= 15 is 0 Å². The highest BCUT2D eigenvalue weighted by molar-refractivity contribution is 7.13. The van der Waals surface area contributed by atoms with Gasteiger partial charge < -0.3 is 10.1 Å². The second-order valence-corrected chi connectivity index (χ2v) is 10.0. The van der Waals surface area contributed by atoms with Crippen molar-refractivity contribution in [3.05, 3.63) is 40.9 Å². The molecule has 1 aliphatic rings. The minimum Gasteiger partial charge on any atom is -0.444 e. The van der Waals surface area contributed by atoms with Crippen molar-refractivity contribution < 1.29 is 14.3 Å². The fraction of sp³-hybridized carbons (Fsp3) is 0.522. The van der Waals surface area contributed by atoms with E-state index in [1.54, 1.807) is 12.1 Å². The number of anilines is 2. The molecule has 0 radical (unpaired) electrons. The third kappa shape index (κ3) is 7.95. The molecule has 168 valence electrons. The monoisotopic (exact) mass is 444 g/mol. The van der Waals surface area contributed by atoms with Crippen LogP contribution in [0, 0.1) is 5.92 Å². The van der Waals surface area contributed by atoms with Gasteiger partial charge in [0, 0.05) is 24.2 Å². The summed E-state index contributed by atoms with van der Waals surface area (Å²) in [6.45, 7) is 10.8.